The van der Waals surface area contributed by atoms with Crippen LogP contribution in [-0.2, 0) is 15.9 Å². The Bertz CT molecular complexity index is 1100. The van der Waals surface area contributed by atoms with Gasteiger partial charge in [-0.25, -0.2) is 4.79 Å². The first-order chi connectivity index (χ1) is 16.6. The third-order valence-corrected chi connectivity index (χ3v) is 6.16. The second-order valence-corrected chi connectivity index (χ2v) is 9.05. The number of hydrogen-bond acceptors (Lipinski definition) is 12. The van der Waals surface area contributed by atoms with E-state index in [9.17, 15) is 30.3 Å². The SMILES string of the molecule is COc1c2c(c(OCC(OC3OC(CO)C(O)C(O)C3O)C(C)(C)O)c3oc(=O)ccc13)OCC2. The molecule has 194 valence electrons. The lowest BCUT2D eigenvalue weighted by molar-refractivity contribution is -0.323. The highest BCUT2D eigenvalue weighted by Gasteiger charge is 2.46. The minimum atomic E-state index is -1.66. The van der Waals surface area contributed by atoms with Crippen LogP contribution in [0.25, 0.3) is 11.0 Å². The summed E-state index contributed by atoms with van der Waals surface area (Å²) in [6.45, 7) is 2.30. The van der Waals surface area contributed by atoms with Gasteiger partial charge in [0.05, 0.1) is 31.3 Å². The summed E-state index contributed by atoms with van der Waals surface area (Å²) in [6, 6.07) is 2.82. The average molecular weight is 498 g/mol. The summed E-state index contributed by atoms with van der Waals surface area (Å²) < 4.78 is 33.8. The summed E-state index contributed by atoms with van der Waals surface area (Å²) in [7, 11) is 1.50. The Hall–Kier alpha value is -2.45. The lowest BCUT2D eigenvalue weighted by Crippen LogP contribution is -2.61. The van der Waals surface area contributed by atoms with E-state index in [0.29, 0.717) is 29.9 Å². The maximum atomic E-state index is 12.0. The molecule has 2 aromatic rings. The first kappa shape index (κ1) is 25.6. The van der Waals surface area contributed by atoms with Gasteiger partial charge in [-0.1, -0.05) is 0 Å². The standard InChI is InChI=1S/C23H30O12/c1-23(2,29)13(34-22-17(28)16(27)15(26)12(8-24)33-22)9-32-21-19-11(6-7-31-19)18(30-3)10-4-5-14(25)35-20(10)21/h4-5,12-13,15-17,22,24,26-29H,6-9H2,1-3H3. The van der Waals surface area contributed by atoms with Crippen molar-refractivity contribution < 1.29 is 53.6 Å². The molecule has 0 aliphatic carbocycles. The first-order valence-electron chi connectivity index (χ1n) is 11.2. The highest BCUT2D eigenvalue weighted by atomic mass is 16.7. The van der Waals surface area contributed by atoms with Crippen molar-refractivity contribution in [3.8, 4) is 17.2 Å². The van der Waals surface area contributed by atoms with Crippen molar-refractivity contribution in [2.24, 2.45) is 0 Å². The molecule has 0 amide bonds. The average Bonchev–Trinajstić information content (AvgIpc) is 3.29. The number of aliphatic hydroxyl groups excluding tert-OH is 4. The van der Waals surface area contributed by atoms with Crippen LogP contribution in [0.15, 0.2) is 21.3 Å². The molecule has 3 heterocycles. The predicted octanol–water partition coefficient (Wildman–Crippen LogP) is -0.929. The maximum Gasteiger partial charge on any atom is 0.336 e. The zero-order chi connectivity index (χ0) is 25.5. The van der Waals surface area contributed by atoms with E-state index in [2.05, 4.69) is 0 Å². The molecule has 12 heteroatoms. The Morgan fingerprint density at radius 2 is 1.89 bits per heavy atom. The number of benzene rings is 1. The molecule has 2 aliphatic rings. The van der Waals surface area contributed by atoms with Gasteiger partial charge in [0.2, 0.25) is 5.75 Å². The van der Waals surface area contributed by atoms with Gasteiger partial charge in [-0.05, 0) is 19.9 Å². The van der Waals surface area contributed by atoms with Gasteiger partial charge >= 0.3 is 5.63 Å². The van der Waals surface area contributed by atoms with Crippen molar-refractivity contribution in [1.29, 1.82) is 0 Å². The van der Waals surface area contributed by atoms with Gasteiger partial charge in [0.25, 0.3) is 0 Å². The normalized spacial score (nSPS) is 27.4. The van der Waals surface area contributed by atoms with Crippen LogP contribution in [-0.4, -0.2) is 94.9 Å². The third-order valence-electron chi connectivity index (χ3n) is 6.16. The van der Waals surface area contributed by atoms with Crippen molar-refractivity contribution in [3.05, 3.63) is 28.1 Å². The number of methoxy groups -OCH3 is 1. The van der Waals surface area contributed by atoms with E-state index < -0.39 is 54.6 Å². The highest BCUT2D eigenvalue weighted by Crippen LogP contribution is 2.48. The molecular weight excluding hydrogens is 468 g/mol. The Morgan fingerprint density at radius 1 is 1.14 bits per heavy atom. The molecule has 12 nitrogen and oxygen atoms in total. The van der Waals surface area contributed by atoms with E-state index in [-0.39, 0.29) is 17.9 Å². The number of fused-ring (bicyclic) bond motifs is 2. The van der Waals surface area contributed by atoms with Crippen LogP contribution in [0, 0.1) is 0 Å². The molecular formula is C23H30O12. The molecule has 5 N–H and O–H groups in total. The molecule has 1 aromatic heterocycles. The van der Waals surface area contributed by atoms with E-state index >= 15 is 0 Å². The fourth-order valence-corrected chi connectivity index (χ4v) is 4.18. The summed E-state index contributed by atoms with van der Waals surface area (Å²) in [4.78, 5) is 12.0. The minimum absolute atomic E-state index is 0.0948. The Labute approximate surface area is 200 Å². The van der Waals surface area contributed by atoms with Crippen LogP contribution < -0.4 is 19.8 Å². The van der Waals surface area contributed by atoms with Crippen molar-refractivity contribution in [1.82, 2.24) is 0 Å². The fourth-order valence-electron chi connectivity index (χ4n) is 4.18. The quantitative estimate of drug-likeness (QED) is 0.283. The van der Waals surface area contributed by atoms with Crippen molar-refractivity contribution in [2.75, 3.05) is 26.9 Å². The van der Waals surface area contributed by atoms with Gasteiger partial charge in [0, 0.05) is 18.1 Å². The Kier molecular flexibility index (Phi) is 7.25. The smallest absolute Gasteiger partial charge is 0.336 e. The van der Waals surface area contributed by atoms with Gasteiger partial charge in [-0.3, -0.25) is 0 Å². The molecule has 1 aromatic carbocycles. The molecule has 2 aliphatic heterocycles. The summed E-state index contributed by atoms with van der Waals surface area (Å²) in [5.41, 5.74) is -1.32. The van der Waals surface area contributed by atoms with Crippen molar-refractivity contribution in [3.63, 3.8) is 0 Å². The zero-order valence-corrected chi connectivity index (χ0v) is 19.5. The number of rotatable bonds is 8. The summed E-state index contributed by atoms with van der Waals surface area (Å²) in [6.07, 6.45) is -8.14. The van der Waals surface area contributed by atoms with Gasteiger partial charge < -0.3 is 53.6 Å². The topological polar surface area (TPSA) is 178 Å². The molecule has 6 unspecified atom stereocenters. The second kappa shape index (κ2) is 9.90. The van der Waals surface area contributed by atoms with E-state index in [0.717, 1.165) is 5.56 Å². The van der Waals surface area contributed by atoms with Crippen LogP contribution in [0.3, 0.4) is 0 Å². The van der Waals surface area contributed by atoms with Crippen LogP contribution in [0.2, 0.25) is 0 Å². The number of aliphatic hydroxyl groups is 5. The minimum Gasteiger partial charge on any atom is -0.496 e. The summed E-state index contributed by atoms with van der Waals surface area (Å²) in [5.74, 6) is 0.962. The first-order valence-corrected chi connectivity index (χ1v) is 11.2. The summed E-state index contributed by atoms with van der Waals surface area (Å²) >= 11 is 0. The lowest BCUT2D eigenvalue weighted by Gasteiger charge is -2.42. The molecule has 0 radical (unpaired) electrons. The molecule has 1 fully saturated rings. The molecule has 1 saturated heterocycles. The van der Waals surface area contributed by atoms with Crippen molar-refractivity contribution >= 4 is 11.0 Å². The van der Waals surface area contributed by atoms with Crippen LogP contribution >= 0.6 is 0 Å². The number of ether oxygens (including phenoxy) is 5. The molecule has 0 saturated carbocycles. The third kappa shape index (κ3) is 4.83. The zero-order valence-electron chi connectivity index (χ0n) is 19.5. The second-order valence-electron chi connectivity index (χ2n) is 9.05. The van der Waals surface area contributed by atoms with Crippen LogP contribution in [0.1, 0.15) is 19.4 Å². The van der Waals surface area contributed by atoms with Crippen molar-refractivity contribution in [2.45, 2.75) is 62.7 Å². The monoisotopic (exact) mass is 498 g/mol. The molecule has 0 bridgehead atoms. The van der Waals surface area contributed by atoms with Crippen LogP contribution in [0.4, 0.5) is 0 Å². The Balaban J connectivity index is 1.64. The van der Waals surface area contributed by atoms with E-state index in [1.165, 1.54) is 27.0 Å². The molecule has 0 spiro atoms. The van der Waals surface area contributed by atoms with Gasteiger partial charge in [0.1, 0.15) is 42.9 Å². The molecule has 35 heavy (non-hydrogen) atoms. The number of hydrogen-bond donors (Lipinski definition) is 5. The maximum absolute atomic E-state index is 12.0. The highest BCUT2D eigenvalue weighted by molar-refractivity contribution is 5.93. The molecule has 6 atom stereocenters. The van der Waals surface area contributed by atoms with E-state index in [1.807, 2.05) is 0 Å². The predicted molar refractivity (Wildman–Crippen MR) is 119 cm³/mol. The van der Waals surface area contributed by atoms with E-state index in [4.69, 9.17) is 28.1 Å². The molecule has 4 rings (SSSR count). The van der Waals surface area contributed by atoms with Gasteiger partial charge in [-0.15, -0.1) is 0 Å². The van der Waals surface area contributed by atoms with Gasteiger partial charge in [-0.2, -0.15) is 0 Å². The van der Waals surface area contributed by atoms with Crippen LogP contribution in [0.5, 0.6) is 17.2 Å². The lowest BCUT2D eigenvalue weighted by atomic mass is 9.98. The largest absolute Gasteiger partial charge is 0.496 e. The Morgan fingerprint density at radius 3 is 2.54 bits per heavy atom. The summed E-state index contributed by atoms with van der Waals surface area (Å²) in [5, 5.41) is 51.0. The van der Waals surface area contributed by atoms with E-state index in [1.54, 1.807) is 6.07 Å². The fraction of sp³-hybridized carbons (Fsp3) is 0.609. The van der Waals surface area contributed by atoms with Gasteiger partial charge in [0.15, 0.2) is 17.6 Å².